The van der Waals surface area contributed by atoms with Gasteiger partial charge in [-0.2, -0.15) is 0 Å². The quantitative estimate of drug-likeness (QED) is 0.434. The maximum absolute atomic E-state index is 12.7. The van der Waals surface area contributed by atoms with Gasteiger partial charge in [0, 0.05) is 18.2 Å². The number of thioether (sulfide) groups is 1. The number of benzene rings is 2. The summed E-state index contributed by atoms with van der Waals surface area (Å²) in [5.74, 6) is 0.951. The van der Waals surface area contributed by atoms with E-state index in [9.17, 15) is 9.59 Å². The second kappa shape index (κ2) is 9.71. The van der Waals surface area contributed by atoms with Crippen LogP contribution in [0.25, 0.3) is 0 Å². The van der Waals surface area contributed by atoms with E-state index in [0.29, 0.717) is 22.1 Å². The van der Waals surface area contributed by atoms with Crippen molar-refractivity contribution in [1.82, 2.24) is 20.1 Å². The zero-order valence-electron chi connectivity index (χ0n) is 17.6. The summed E-state index contributed by atoms with van der Waals surface area (Å²) < 4.78 is 1.85. The molecular formula is C23H26N4O2S. The van der Waals surface area contributed by atoms with Gasteiger partial charge in [0.15, 0.2) is 16.8 Å². The lowest BCUT2D eigenvalue weighted by molar-refractivity contribution is 0.0921. The Morgan fingerprint density at radius 2 is 1.67 bits per heavy atom. The topological polar surface area (TPSA) is 76.9 Å². The summed E-state index contributed by atoms with van der Waals surface area (Å²) in [5.41, 5.74) is 2.39. The van der Waals surface area contributed by atoms with Gasteiger partial charge in [0.1, 0.15) is 0 Å². The summed E-state index contributed by atoms with van der Waals surface area (Å²) in [5, 5.41) is 12.3. The van der Waals surface area contributed by atoms with E-state index in [4.69, 9.17) is 0 Å². The van der Waals surface area contributed by atoms with Crippen LogP contribution in [0.3, 0.4) is 0 Å². The molecule has 1 heterocycles. The Hall–Kier alpha value is -2.93. The lowest BCUT2D eigenvalue weighted by Crippen LogP contribution is -2.33. The molecule has 7 heteroatoms. The lowest BCUT2D eigenvalue weighted by atomic mass is 10.0. The number of amides is 1. The number of carbonyl (C=O) groups excluding carboxylic acids is 2. The predicted octanol–water partition coefficient (Wildman–Crippen LogP) is 4.23. The molecule has 0 aliphatic rings. The van der Waals surface area contributed by atoms with Crippen molar-refractivity contribution in [1.29, 1.82) is 0 Å². The molecule has 3 rings (SSSR count). The third-order valence-electron chi connectivity index (χ3n) is 4.84. The minimum absolute atomic E-state index is 0.0400. The van der Waals surface area contributed by atoms with Crippen molar-refractivity contribution < 1.29 is 9.59 Å². The Labute approximate surface area is 181 Å². The van der Waals surface area contributed by atoms with Gasteiger partial charge < -0.3 is 9.88 Å². The van der Waals surface area contributed by atoms with E-state index in [1.165, 1.54) is 11.8 Å². The van der Waals surface area contributed by atoms with Crippen LogP contribution in [0.5, 0.6) is 0 Å². The molecule has 6 nitrogen and oxygen atoms in total. The molecule has 0 saturated heterocycles. The van der Waals surface area contributed by atoms with E-state index >= 15 is 0 Å². The van der Waals surface area contributed by atoms with Crippen molar-refractivity contribution in [2.45, 2.75) is 32.0 Å². The number of hydrogen-bond donors (Lipinski definition) is 1. The Morgan fingerprint density at radius 3 is 2.30 bits per heavy atom. The monoisotopic (exact) mass is 422 g/mol. The first-order valence-corrected chi connectivity index (χ1v) is 10.8. The highest BCUT2D eigenvalue weighted by molar-refractivity contribution is 7.99. The molecule has 1 N–H and O–H groups in total. The normalized spacial score (nSPS) is 12.0. The molecule has 0 bridgehead atoms. The first-order chi connectivity index (χ1) is 14.4. The summed E-state index contributed by atoms with van der Waals surface area (Å²) in [6, 6.07) is 16.4. The Morgan fingerprint density at radius 1 is 1.00 bits per heavy atom. The molecule has 0 aliphatic heterocycles. The number of aromatic nitrogens is 3. The van der Waals surface area contributed by atoms with Gasteiger partial charge in [-0.25, -0.2) is 0 Å². The van der Waals surface area contributed by atoms with Gasteiger partial charge in [0.05, 0.1) is 11.8 Å². The number of nitrogens with zero attached hydrogens (tertiary/aromatic N) is 3. The van der Waals surface area contributed by atoms with E-state index in [1.807, 2.05) is 74.9 Å². The Balaban J connectivity index is 1.71. The second-order valence-corrected chi connectivity index (χ2v) is 8.48. The molecule has 0 spiro atoms. The first kappa shape index (κ1) is 21.8. The zero-order chi connectivity index (χ0) is 21.7. The van der Waals surface area contributed by atoms with Crippen molar-refractivity contribution in [2.75, 3.05) is 5.75 Å². The number of hydrogen-bond acceptors (Lipinski definition) is 5. The van der Waals surface area contributed by atoms with Crippen molar-refractivity contribution in [2.24, 2.45) is 13.0 Å². The number of ketones is 1. The molecule has 156 valence electrons. The minimum atomic E-state index is -0.296. The van der Waals surface area contributed by atoms with Crippen molar-refractivity contribution >= 4 is 23.5 Å². The van der Waals surface area contributed by atoms with E-state index in [-0.39, 0.29) is 29.4 Å². The fourth-order valence-corrected chi connectivity index (χ4v) is 3.83. The molecular weight excluding hydrogens is 396 g/mol. The highest BCUT2D eigenvalue weighted by Gasteiger charge is 2.25. The third kappa shape index (κ3) is 5.16. The van der Waals surface area contributed by atoms with Gasteiger partial charge in [0.25, 0.3) is 5.91 Å². The lowest BCUT2D eigenvalue weighted by Gasteiger charge is -2.21. The van der Waals surface area contributed by atoms with Crippen molar-refractivity contribution in [3.63, 3.8) is 0 Å². The standard InChI is InChI=1S/C23H26N4O2S/c1-15(2)20(24-22(29)18-12-10-16(3)11-13-18)21-25-26-23(27(21)4)30-14-19(28)17-8-6-5-7-9-17/h5-13,15,20H,14H2,1-4H3,(H,24,29). The number of Topliss-reactive ketones (excluding diaryl/α,β-unsaturated/α-hetero) is 1. The summed E-state index contributed by atoms with van der Waals surface area (Å²) in [4.78, 5) is 25.1. The van der Waals surface area contributed by atoms with Crippen LogP contribution in [-0.4, -0.2) is 32.2 Å². The molecule has 0 radical (unpaired) electrons. The van der Waals surface area contributed by atoms with E-state index in [1.54, 1.807) is 12.1 Å². The van der Waals surface area contributed by atoms with Crippen LogP contribution in [-0.2, 0) is 7.05 Å². The maximum atomic E-state index is 12.7. The van der Waals surface area contributed by atoms with Crippen LogP contribution in [0.2, 0.25) is 0 Å². The van der Waals surface area contributed by atoms with Crippen LogP contribution in [0, 0.1) is 12.8 Å². The van der Waals surface area contributed by atoms with E-state index < -0.39 is 0 Å². The van der Waals surface area contributed by atoms with Gasteiger partial charge in [0.2, 0.25) is 0 Å². The number of rotatable bonds is 8. The van der Waals surface area contributed by atoms with Crippen LogP contribution >= 0.6 is 11.8 Å². The zero-order valence-corrected chi connectivity index (χ0v) is 18.4. The molecule has 2 aromatic carbocycles. The molecule has 1 aromatic heterocycles. The fraction of sp³-hybridized carbons (Fsp3) is 0.304. The first-order valence-electron chi connectivity index (χ1n) is 9.84. The summed E-state index contributed by atoms with van der Waals surface area (Å²) in [7, 11) is 1.86. The minimum Gasteiger partial charge on any atom is -0.342 e. The predicted molar refractivity (Wildman–Crippen MR) is 119 cm³/mol. The highest BCUT2D eigenvalue weighted by Crippen LogP contribution is 2.25. The van der Waals surface area contributed by atoms with Gasteiger partial charge >= 0.3 is 0 Å². The second-order valence-electron chi connectivity index (χ2n) is 7.54. The summed E-state index contributed by atoms with van der Waals surface area (Å²) in [6.07, 6.45) is 0. The van der Waals surface area contributed by atoms with Crippen LogP contribution in [0.1, 0.15) is 52.0 Å². The number of carbonyl (C=O) groups is 2. The molecule has 0 saturated carbocycles. The fourth-order valence-electron chi connectivity index (χ4n) is 3.02. The average Bonchev–Trinajstić information content (AvgIpc) is 3.11. The average molecular weight is 423 g/mol. The number of nitrogens with one attached hydrogen (secondary N) is 1. The number of aryl methyl sites for hydroxylation is 1. The third-order valence-corrected chi connectivity index (χ3v) is 5.86. The Kier molecular flexibility index (Phi) is 7.05. The molecule has 1 amide bonds. The molecule has 3 aromatic rings. The summed E-state index contributed by atoms with van der Waals surface area (Å²) in [6.45, 7) is 6.04. The highest BCUT2D eigenvalue weighted by atomic mass is 32.2. The molecule has 30 heavy (non-hydrogen) atoms. The smallest absolute Gasteiger partial charge is 0.251 e. The van der Waals surface area contributed by atoms with Crippen LogP contribution < -0.4 is 5.32 Å². The Bertz CT molecular complexity index is 1010. The van der Waals surface area contributed by atoms with Crippen molar-refractivity contribution in [3.8, 4) is 0 Å². The molecule has 0 aliphatic carbocycles. The SMILES string of the molecule is Cc1ccc(C(=O)NC(c2nnc(SCC(=O)c3ccccc3)n2C)C(C)C)cc1. The van der Waals surface area contributed by atoms with Crippen LogP contribution in [0.4, 0.5) is 0 Å². The van der Waals surface area contributed by atoms with Crippen LogP contribution in [0.15, 0.2) is 59.8 Å². The van der Waals surface area contributed by atoms with Crippen molar-refractivity contribution in [3.05, 3.63) is 77.1 Å². The van der Waals surface area contributed by atoms with E-state index in [0.717, 1.165) is 5.56 Å². The van der Waals surface area contributed by atoms with Gasteiger partial charge in [-0.1, -0.05) is 73.6 Å². The van der Waals surface area contributed by atoms with Gasteiger partial charge in [-0.3, -0.25) is 9.59 Å². The molecule has 1 atom stereocenters. The largest absolute Gasteiger partial charge is 0.342 e. The molecule has 0 fully saturated rings. The summed E-state index contributed by atoms with van der Waals surface area (Å²) >= 11 is 1.34. The van der Waals surface area contributed by atoms with Gasteiger partial charge in [-0.05, 0) is 25.0 Å². The van der Waals surface area contributed by atoms with E-state index in [2.05, 4.69) is 15.5 Å². The van der Waals surface area contributed by atoms with Gasteiger partial charge in [-0.15, -0.1) is 10.2 Å². The molecule has 1 unspecified atom stereocenters. The maximum Gasteiger partial charge on any atom is 0.251 e.